The molecule has 30 heavy (non-hydrogen) atoms. The maximum Gasteiger partial charge on any atom is 0.234 e. The molecule has 0 aliphatic rings. The van der Waals surface area contributed by atoms with Gasteiger partial charge in [-0.3, -0.25) is 9.36 Å². The van der Waals surface area contributed by atoms with Crippen LogP contribution < -0.4 is 10.1 Å². The Balaban J connectivity index is 1.49. The second-order valence-corrected chi connectivity index (χ2v) is 7.68. The number of ether oxygens (including phenoxy) is 1. The first-order chi connectivity index (χ1) is 14.6. The van der Waals surface area contributed by atoms with Gasteiger partial charge < -0.3 is 14.5 Å². The van der Waals surface area contributed by atoms with Gasteiger partial charge in [0.2, 0.25) is 11.7 Å². The summed E-state index contributed by atoms with van der Waals surface area (Å²) in [5.41, 5.74) is 2.50. The largest absolute Gasteiger partial charge is 0.495 e. The molecule has 1 N–H and O–H groups in total. The molecule has 0 radical (unpaired) electrons. The van der Waals surface area contributed by atoms with E-state index < -0.39 is 0 Å². The van der Waals surface area contributed by atoms with Gasteiger partial charge in [-0.25, -0.2) is 0 Å². The van der Waals surface area contributed by atoms with Crippen molar-refractivity contribution in [2.45, 2.75) is 25.5 Å². The van der Waals surface area contributed by atoms with Crippen LogP contribution in [-0.2, 0) is 11.3 Å². The van der Waals surface area contributed by atoms with E-state index in [1.165, 1.54) is 11.8 Å². The van der Waals surface area contributed by atoms with Crippen molar-refractivity contribution in [1.29, 1.82) is 0 Å². The van der Waals surface area contributed by atoms with Crippen LogP contribution in [0.2, 0.25) is 0 Å². The third-order valence-electron chi connectivity index (χ3n) is 4.64. The van der Waals surface area contributed by atoms with Gasteiger partial charge >= 0.3 is 0 Å². The number of carbonyl (C=O) groups is 1. The number of rotatable bonds is 7. The smallest absolute Gasteiger partial charge is 0.234 e. The molecular weight excluding hydrogens is 400 g/mol. The minimum Gasteiger partial charge on any atom is -0.495 e. The van der Waals surface area contributed by atoms with Gasteiger partial charge in [0.1, 0.15) is 11.3 Å². The van der Waals surface area contributed by atoms with E-state index in [1.807, 2.05) is 66.9 Å². The highest BCUT2D eigenvalue weighted by atomic mass is 32.2. The van der Waals surface area contributed by atoms with Gasteiger partial charge in [-0.15, -0.1) is 10.2 Å². The van der Waals surface area contributed by atoms with Crippen LogP contribution in [0.15, 0.2) is 58.1 Å². The number of anilines is 1. The molecule has 154 valence electrons. The molecule has 0 spiro atoms. The first-order valence-electron chi connectivity index (χ1n) is 9.58. The molecule has 0 saturated carbocycles. The number of furan rings is 1. The maximum absolute atomic E-state index is 12.5. The first kappa shape index (κ1) is 20.0. The zero-order valence-electron chi connectivity index (χ0n) is 17.0. The van der Waals surface area contributed by atoms with E-state index >= 15 is 0 Å². The number of fused-ring (bicyclic) bond motifs is 1. The van der Waals surface area contributed by atoms with Gasteiger partial charge in [-0.2, -0.15) is 0 Å². The molecule has 4 rings (SSSR count). The van der Waals surface area contributed by atoms with Gasteiger partial charge in [-0.05, 0) is 43.7 Å². The Hall–Kier alpha value is -3.26. The Bertz CT molecular complexity index is 1170. The van der Waals surface area contributed by atoms with Gasteiger partial charge in [0.25, 0.3) is 0 Å². The second-order valence-electron chi connectivity index (χ2n) is 6.74. The van der Waals surface area contributed by atoms with Gasteiger partial charge in [0.05, 0.1) is 18.6 Å². The number of nitrogens with zero attached hydrogens (tertiary/aromatic N) is 3. The molecule has 8 heteroatoms. The number of amides is 1. The number of hydrogen-bond acceptors (Lipinski definition) is 6. The SMILES string of the molecule is CCn1c(SCC(=O)Nc2cc(C)ccc2OC)nnc1-c1cc2ccccc2o1. The van der Waals surface area contributed by atoms with Crippen molar-refractivity contribution in [1.82, 2.24) is 14.8 Å². The minimum atomic E-state index is -0.139. The summed E-state index contributed by atoms with van der Waals surface area (Å²) in [5, 5.41) is 13.2. The summed E-state index contributed by atoms with van der Waals surface area (Å²) < 4.78 is 13.2. The number of carbonyl (C=O) groups excluding carboxylic acids is 1. The Morgan fingerprint density at radius 3 is 2.80 bits per heavy atom. The van der Waals surface area contributed by atoms with Crippen LogP contribution in [0.5, 0.6) is 5.75 Å². The summed E-state index contributed by atoms with van der Waals surface area (Å²) >= 11 is 1.33. The number of methoxy groups -OCH3 is 1. The lowest BCUT2D eigenvalue weighted by Crippen LogP contribution is -2.15. The molecule has 0 atom stereocenters. The van der Waals surface area contributed by atoms with E-state index in [2.05, 4.69) is 15.5 Å². The van der Waals surface area contributed by atoms with Crippen LogP contribution in [0, 0.1) is 6.92 Å². The number of para-hydroxylation sites is 1. The van der Waals surface area contributed by atoms with Crippen LogP contribution in [0.1, 0.15) is 12.5 Å². The first-order valence-corrected chi connectivity index (χ1v) is 10.6. The van der Waals surface area contributed by atoms with Crippen LogP contribution in [0.4, 0.5) is 5.69 Å². The fourth-order valence-electron chi connectivity index (χ4n) is 3.19. The molecule has 0 bridgehead atoms. The molecule has 7 nitrogen and oxygen atoms in total. The fourth-order valence-corrected chi connectivity index (χ4v) is 3.99. The number of aryl methyl sites for hydroxylation is 1. The van der Waals surface area contributed by atoms with Crippen molar-refractivity contribution in [3.8, 4) is 17.3 Å². The van der Waals surface area contributed by atoms with Crippen molar-refractivity contribution < 1.29 is 13.9 Å². The molecule has 4 aromatic rings. The van der Waals surface area contributed by atoms with Crippen molar-refractivity contribution >= 4 is 34.3 Å². The fraction of sp³-hybridized carbons (Fsp3) is 0.227. The average Bonchev–Trinajstić information content (AvgIpc) is 3.35. The van der Waals surface area contributed by atoms with Crippen LogP contribution in [0.25, 0.3) is 22.6 Å². The summed E-state index contributed by atoms with van der Waals surface area (Å²) in [6.07, 6.45) is 0. The summed E-state index contributed by atoms with van der Waals surface area (Å²) in [6.45, 7) is 4.64. The number of benzene rings is 2. The van der Waals surface area contributed by atoms with Crippen molar-refractivity contribution in [2.75, 3.05) is 18.2 Å². The van der Waals surface area contributed by atoms with E-state index in [1.54, 1.807) is 7.11 Å². The molecule has 0 aliphatic heterocycles. The van der Waals surface area contributed by atoms with Crippen LogP contribution in [-0.4, -0.2) is 33.5 Å². The van der Waals surface area contributed by atoms with E-state index in [4.69, 9.17) is 9.15 Å². The Morgan fingerprint density at radius 1 is 1.20 bits per heavy atom. The molecule has 2 aromatic carbocycles. The van der Waals surface area contributed by atoms with Crippen molar-refractivity contribution in [3.05, 3.63) is 54.1 Å². The predicted octanol–water partition coefficient (Wildman–Crippen LogP) is 4.76. The summed E-state index contributed by atoms with van der Waals surface area (Å²) in [5.74, 6) is 2.00. The third kappa shape index (κ3) is 4.04. The van der Waals surface area contributed by atoms with E-state index in [0.29, 0.717) is 34.7 Å². The lowest BCUT2D eigenvalue weighted by molar-refractivity contribution is -0.113. The molecule has 1 amide bonds. The summed E-state index contributed by atoms with van der Waals surface area (Å²) in [7, 11) is 1.58. The lowest BCUT2D eigenvalue weighted by atomic mass is 10.2. The Kier molecular flexibility index (Phi) is 5.76. The van der Waals surface area contributed by atoms with Crippen molar-refractivity contribution in [3.63, 3.8) is 0 Å². The van der Waals surface area contributed by atoms with Crippen LogP contribution in [0.3, 0.4) is 0 Å². The van der Waals surface area contributed by atoms with Gasteiger partial charge in [-0.1, -0.05) is 36.0 Å². The Labute approximate surface area is 178 Å². The lowest BCUT2D eigenvalue weighted by Gasteiger charge is -2.11. The topological polar surface area (TPSA) is 82.2 Å². The van der Waals surface area contributed by atoms with E-state index in [-0.39, 0.29) is 11.7 Å². The zero-order valence-corrected chi connectivity index (χ0v) is 17.8. The summed E-state index contributed by atoms with van der Waals surface area (Å²) in [4.78, 5) is 12.5. The summed E-state index contributed by atoms with van der Waals surface area (Å²) in [6, 6.07) is 15.4. The van der Waals surface area contributed by atoms with Gasteiger partial charge in [0, 0.05) is 11.9 Å². The molecule has 2 aromatic heterocycles. The molecule has 0 aliphatic carbocycles. The van der Waals surface area contributed by atoms with E-state index in [0.717, 1.165) is 16.5 Å². The van der Waals surface area contributed by atoms with Gasteiger partial charge in [0.15, 0.2) is 10.9 Å². The molecule has 0 fully saturated rings. The van der Waals surface area contributed by atoms with E-state index in [9.17, 15) is 4.79 Å². The average molecular weight is 423 g/mol. The minimum absolute atomic E-state index is 0.139. The highest BCUT2D eigenvalue weighted by molar-refractivity contribution is 7.99. The number of hydrogen-bond donors (Lipinski definition) is 1. The predicted molar refractivity (Wildman–Crippen MR) is 118 cm³/mol. The second kappa shape index (κ2) is 8.62. The Morgan fingerprint density at radius 2 is 2.03 bits per heavy atom. The number of thioether (sulfide) groups is 1. The normalized spacial score (nSPS) is 11.0. The molecule has 0 saturated heterocycles. The highest BCUT2D eigenvalue weighted by Crippen LogP contribution is 2.30. The maximum atomic E-state index is 12.5. The molecular formula is C22H22N4O3S. The number of aromatic nitrogens is 3. The molecule has 2 heterocycles. The standard InChI is InChI=1S/C22H22N4O3S/c1-4-26-21(19-12-15-7-5-6-8-17(15)29-19)24-25-22(26)30-13-20(27)23-16-11-14(2)9-10-18(16)28-3/h5-12H,4,13H2,1-3H3,(H,23,27). The van der Waals surface area contributed by atoms with Crippen molar-refractivity contribution in [2.24, 2.45) is 0 Å². The monoisotopic (exact) mass is 422 g/mol. The molecule has 0 unspecified atom stereocenters. The number of nitrogens with one attached hydrogen (secondary N) is 1. The van der Waals surface area contributed by atoms with Crippen LogP contribution >= 0.6 is 11.8 Å². The highest BCUT2D eigenvalue weighted by Gasteiger charge is 2.18. The quantitative estimate of drug-likeness (QED) is 0.433. The third-order valence-corrected chi connectivity index (χ3v) is 5.61. The zero-order chi connectivity index (χ0) is 21.1.